The fourth-order valence-electron chi connectivity index (χ4n) is 8.15. The minimum absolute atomic E-state index is 0.691. The van der Waals surface area contributed by atoms with Crippen molar-refractivity contribution in [1.82, 2.24) is 4.98 Å². The van der Waals surface area contributed by atoms with Gasteiger partial charge in [0.25, 0.3) is 0 Å². The Morgan fingerprint density at radius 3 is 0.851 bits per heavy atom. The van der Waals surface area contributed by atoms with Crippen molar-refractivity contribution in [3.8, 4) is 0 Å². The summed E-state index contributed by atoms with van der Waals surface area (Å²) in [6.07, 6.45) is -47.2. The van der Waals surface area contributed by atoms with Crippen LogP contribution in [0.15, 0.2) is 140 Å². The summed E-state index contributed by atoms with van der Waals surface area (Å²) in [6.45, 7) is 0.879. The lowest BCUT2D eigenvalue weighted by Crippen LogP contribution is -2.75. The van der Waals surface area contributed by atoms with Gasteiger partial charge in [0.2, 0.25) is 0 Å². The van der Waals surface area contributed by atoms with Crippen molar-refractivity contribution in [3.63, 3.8) is 0 Å². The number of hydrogen-bond acceptors (Lipinski definition) is 1. The number of rotatable bonds is 6. The summed E-state index contributed by atoms with van der Waals surface area (Å²) in [5.41, 5.74) is -28.9. The summed E-state index contributed by atoms with van der Waals surface area (Å²) in [7, 11) is 0. The van der Waals surface area contributed by atoms with Crippen molar-refractivity contribution in [1.29, 1.82) is 0 Å². The largest absolute Gasteiger partial charge is 0.416 e. The van der Waals surface area contributed by atoms with Crippen molar-refractivity contribution in [2.75, 3.05) is 0 Å². The number of halogens is 24. The highest BCUT2D eigenvalue weighted by Gasteiger charge is 2.47. The van der Waals surface area contributed by atoms with Gasteiger partial charge in [0.15, 0.2) is 18.9 Å². The van der Waals surface area contributed by atoms with Crippen LogP contribution in [0, 0.1) is 0 Å². The van der Waals surface area contributed by atoms with Crippen LogP contribution in [0.4, 0.5) is 105 Å². The predicted octanol–water partition coefficient (Wildman–Crippen LogP) is 13.8. The summed E-state index contributed by atoms with van der Waals surface area (Å²) in [5.74, 6) is 0. The number of benzene rings is 6. The quantitative estimate of drug-likeness (QED) is 0.0921. The van der Waals surface area contributed by atoms with Gasteiger partial charge in [-0.25, -0.2) is 0 Å². The molecule has 0 atom stereocenters. The van der Waals surface area contributed by atoms with Crippen molar-refractivity contribution in [3.05, 3.63) is 190 Å². The third-order valence-corrected chi connectivity index (χ3v) is 11.4. The van der Waals surface area contributed by atoms with Crippen molar-refractivity contribution in [2.24, 2.45) is 0 Å². The Kier molecular flexibility index (Phi) is 14.8. The van der Waals surface area contributed by atoms with Gasteiger partial charge >= 0.3 is 49.4 Å². The topological polar surface area (TPSA) is 16.8 Å². The van der Waals surface area contributed by atoms with Crippen LogP contribution in [-0.2, 0) is 56.0 Å². The molecule has 0 bridgehead atoms. The van der Waals surface area contributed by atoms with Crippen LogP contribution in [0.3, 0.4) is 0 Å². The molecule has 7 rings (SSSR count). The van der Waals surface area contributed by atoms with Crippen LogP contribution < -0.4 is 26.4 Å². The first-order valence-corrected chi connectivity index (χ1v) is 20.3. The highest BCUT2D eigenvalue weighted by Crippen LogP contribution is 2.41. The Morgan fingerprint density at radius 1 is 0.324 bits per heavy atom. The standard InChI is InChI=1S/C32H12BF24.C15H13N2/c34-25(35,36)13-1-14(26(37,38)39)6-21(5-13)33(22-7-15(27(40,41)42)2-16(8-22)28(43,44)45,23-9-17(29(46,47)48)3-18(10-23)30(49,50)51)24-11-19(31(52,53)54)4-20(12-24)32(55,56)57;1-2-7-15-13(4-1)5-3-6-14(15)12-17-10-8-16-9-11-17/h1-12H;1-11H,12H2/q-1;+1. The summed E-state index contributed by atoms with van der Waals surface area (Å²) in [5, 5.41) is 2.61. The minimum atomic E-state index is -6.13. The lowest BCUT2D eigenvalue weighted by atomic mass is 9.12. The SMILES string of the molecule is FC(F)(F)c1cc([B-](c2cc(C(F)(F)F)cc(C(F)(F)F)c2)(c2cc(C(F)(F)F)cc(C(F)(F)F)c2)c2cc(C(F)(F)F)cc(C(F)(F)F)c2)cc(C(F)(F)F)c1.c1ccc2c(C[n+]3ccncc3)cccc2c1. The van der Waals surface area contributed by atoms with Crippen LogP contribution in [0.2, 0.25) is 0 Å². The van der Waals surface area contributed by atoms with Gasteiger partial charge in [-0.1, -0.05) is 91.0 Å². The lowest BCUT2D eigenvalue weighted by molar-refractivity contribution is -0.688. The smallest absolute Gasteiger partial charge is 0.252 e. The molecule has 2 nitrogen and oxygen atoms in total. The number of fused-ring (bicyclic) bond motifs is 1. The van der Waals surface area contributed by atoms with Crippen LogP contribution in [0.25, 0.3) is 10.8 Å². The van der Waals surface area contributed by atoms with E-state index in [-0.39, 0.29) is 0 Å². The molecule has 0 aliphatic rings. The fourth-order valence-corrected chi connectivity index (χ4v) is 8.15. The van der Waals surface area contributed by atoms with Crippen LogP contribution in [0.5, 0.6) is 0 Å². The molecule has 0 radical (unpaired) electrons. The molecule has 0 unspecified atom stereocenters. The van der Waals surface area contributed by atoms with Crippen LogP contribution in [-0.4, -0.2) is 11.1 Å². The molecule has 0 N–H and O–H groups in total. The Hall–Kier alpha value is -6.96. The summed E-state index contributed by atoms with van der Waals surface area (Å²) in [4.78, 5) is 4.03. The molecule has 74 heavy (non-hydrogen) atoms. The third-order valence-electron chi connectivity index (χ3n) is 11.4. The van der Waals surface area contributed by atoms with E-state index in [2.05, 4.69) is 52.0 Å². The van der Waals surface area contributed by atoms with E-state index in [1.165, 1.54) is 16.3 Å². The second kappa shape index (κ2) is 19.4. The molecular formula is C47H25BF24N2. The predicted molar refractivity (Wildman–Crippen MR) is 218 cm³/mol. The van der Waals surface area contributed by atoms with Crippen molar-refractivity contribution < 1.29 is 110 Å². The molecule has 0 fully saturated rings. The molecule has 0 spiro atoms. The Balaban J connectivity index is 0.000000436. The zero-order valence-corrected chi connectivity index (χ0v) is 36.0. The molecule has 1 aromatic heterocycles. The molecule has 394 valence electrons. The normalized spacial score (nSPS) is 13.5. The molecule has 0 amide bonds. The first kappa shape index (κ1) is 56.3. The van der Waals surface area contributed by atoms with Gasteiger partial charge in [-0.3, -0.25) is 4.98 Å². The van der Waals surface area contributed by atoms with E-state index in [4.69, 9.17) is 0 Å². The molecule has 0 saturated heterocycles. The first-order chi connectivity index (χ1) is 33.7. The summed E-state index contributed by atoms with van der Waals surface area (Å²) < 4.78 is 343. The van der Waals surface area contributed by atoms with E-state index in [0.29, 0.717) is 0 Å². The fraction of sp³-hybridized carbons (Fsp3) is 0.191. The molecule has 0 aliphatic heterocycles. The van der Waals surface area contributed by atoms with E-state index < -0.39 is 195 Å². The molecule has 1 heterocycles. The Labute approximate surface area is 399 Å². The average Bonchev–Trinajstić information content (AvgIpc) is 3.27. The Morgan fingerprint density at radius 2 is 0.581 bits per heavy atom. The van der Waals surface area contributed by atoms with Crippen molar-refractivity contribution in [2.45, 2.75) is 56.0 Å². The van der Waals surface area contributed by atoms with Gasteiger partial charge in [-0.15, -0.1) is 0 Å². The number of nitrogens with zero attached hydrogens (tertiary/aromatic N) is 2. The van der Waals surface area contributed by atoms with E-state index in [9.17, 15) is 105 Å². The second-order valence-electron chi connectivity index (χ2n) is 16.3. The maximum Gasteiger partial charge on any atom is 0.416 e. The molecule has 0 aliphatic carbocycles. The van der Waals surface area contributed by atoms with Gasteiger partial charge in [0, 0.05) is 5.56 Å². The average molecular weight is 1080 g/mol. The van der Waals surface area contributed by atoms with Crippen LogP contribution in [0.1, 0.15) is 50.1 Å². The van der Waals surface area contributed by atoms with Gasteiger partial charge in [-0.05, 0) is 35.0 Å². The monoisotopic (exact) mass is 1080 g/mol. The molecular weight excluding hydrogens is 1060 g/mol. The molecule has 7 aromatic rings. The highest BCUT2D eigenvalue weighted by molar-refractivity contribution is 7.20. The van der Waals surface area contributed by atoms with Crippen molar-refractivity contribution >= 4 is 38.8 Å². The maximum atomic E-state index is 14.2. The zero-order chi connectivity index (χ0) is 55.4. The minimum Gasteiger partial charge on any atom is -0.252 e. The molecule has 6 aromatic carbocycles. The first-order valence-electron chi connectivity index (χ1n) is 20.3. The van der Waals surface area contributed by atoms with Gasteiger partial charge in [0.05, 0.1) is 56.9 Å². The Bertz CT molecular complexity index is 2700. The summed E-state index contributed by atoms with van der Waals surface area (Å²) >= 11 is 0. The third kappa shape index (κ3) is 12.5. The lowest BCUT2D eigenvalue weighted by Gasteiger charge is -2.46. The van der Waals surface area contributed by atoms with Gasteiger partial charge in [-0.2, -0.15) is 132 Å². The van der Waals surface area contributed by atoms with Crippen LogP contribution >= 0.6 is 0 Å². The number of aromatic nitrogens is 2. The van der Waals surface area contributed by atoms with E-state index in [1.807, 2.05) is 24.8 Å². The number of hydrogen-bond donors (Lipinski definition) is 0. The molecule has 27 heteroatoms. The second-order valence-corrected chi connectivity index (χ2v) is 16.3. The van der Waals surface area contributed by atoms with E-state index in [1.54, 1.807) is 0 Å². The maximum absolute atomic E-state index is 14.2. The van der Waals surface area contributed by atoms with E-state index >= 15 is 0 Å². The summed E-state index contributed by atoms with van der Waals surface area (Å²) in [6, 6.07) is 6.11. The van der Waals surface area contributed by atoms with E-state index in [0.717, 1.165) is 6.54 Å². The van der Waals surface area contributed by atoms with Gasteiger partial charge < -0.3 is 0 Å². The highest BCUT2D eigenvalue weighted by atomic mass is 19.4. The van der Waals surface area contributed by atoms with Gasteiger partial charge in [0.1, 0.15) is 6.15 Å². The molecule has 0 saturated carbocycles. The zero-order valence-electron chi connectivity index (χ0n) is 36.0. The number of alkyl halides is 24.